The third-order valence-corrected chi connectivity index (χ3v) is 6.92. The molecule has 2 aromatic carbocycles. The Labute approximate surface area is 231 Å². The first-order chi connectivity index (χ1) is 19.0. The molecular weight excluding hydrogens is 496 g/mol. The van der Waals surface area contributed by atoms with Gasteiger partial charge in [-0.1, -0.05) is 77.2 Å². The Hall–Kier alpha value is -3.48. The van der Waals surface area contributed by atoms with E-state index in [1.165, 1.54) is 71.7 Å². The second-order valence-electron chi connectivity index (χ2n) is 9.81. The van der Waals surface area contributed by atoms with Gasteiger partial charge in [-0.25, -0.2) is 4.79 Å². The van der Waals surface area contributed by atoms with Crippen LogP contribution in [-0.4, -0.2) is 27.3 Å². The molecule has 0 amide bonds. The van der Waals surface area contributed by atoms with E-state index in [1.807, 2.05) is 0 Å². The third-order valence-electron chi connectivity index (χ3n) is 6.92. The maximum Gasteiger partial charge on any atom is 0.336 e. The number of carbonyl (C=O) groups excluding carboxylic acids is 1. The number of unbranched alkanes of at least 4 members (excludes halogenated alkanes) is 10. The van der Waals surface area contributed by atoms with E-state index in [-0.39, 0.29) is 5.97 Å². The molecule has 3 rings (SSSR count). The minimum absolute atomic E-state index is 0.303. The van der Waals surface area contributed by atoms with Gasteiger partial charge in [0.25, 0.3) is 0 Å². The Morgan fingerprint density at radius 2 is 1.36 bits per heavy atom. The lowest BCUT2D eigenvalue weighted by Gasteiger charge is -2.14. The summed E-state index contributed by atoms with van der Waals surface area (Å²) >= 11 is 0. The van der Waals surface area contributed by atoms with Crippen LogP contribution in [0, 0.1) is 0 Å². The Morgan fingerprint density at radius 1 is 0.718 bits per heavy atom. The van der Waals surface area contributed by atoms with Gasteiger partial charge in [0.05, 0.1) is 26.7 Å². The van der Waals surface area contributed by atoms with Crippen LogP contribution in [0.15, 0.2) is 45.6 Å². The monoisotopic (exact) mass is 538 g/mol. The molecule has 3 aromatic rings. The lowest BCUT2D eigenvalue weighted by molar-refractivity contribution is -0.134. The van der Waals surface area contributed by atoms with Crippen LogP contribution in [-0.2, 0) is 4.79 Å². The summed E-state index contributed by atoms with van der Waals surface area (Å²) in [7, 11) is 4.60. The molecule has 0 N–H and O–H groups in total. The number of carbonyl (C=O) groups is 1. The molecule has 0 spiro atoms. The van der Waals surface area contributed by atoms with Crippen molar-refractivity contribution in [2.45, 2.75) is 84.0 Å². The van der Waals surface area contributed by atoms with Crippen molar-refractivity contribution in [3.8, 4) is 34.1 Å². The summed E-state index contributed by atoms with van der Waals surface area (Å²) in [5, 5.41) is 0.612. The van der Waals surface area contributed by atoms with Gasteiger partial charge < -0.3 is 23.4 Å². The molecule has 212 valence electrons. The summed E-state index contributed by atoms with van der Waals surface area (Å²) in [6, 6.07) is 9.99. The van der Waals surface area contributed by atoms with Gasteiger partial charge in [0.15, 0.2) is 11.5 Å². The molecule has 0 bridgehead atoms. The molecule has 0 aliphatic rings. The van der Waals surface area contributed by atoms with Crippen molar-refractivity contribution in [2.24, 2.45) is 0 Å². The second-order valence-corrected chi connectivity index (χ2v) is 9.81. The smallest absolute Gasteiger partial charge is 0.336 e. The first-order valence-corrected chi connectivity index (χ1v) is 14.1. The lowest BCUT2D eigenvalue weighted by Crippen LogP contribution is -2.08. The molecular formula is C32H42O7. The molecule has 0 aliphatic heterocycles. The SMILES string of the molecule is CCCCCCCCCCCCCC(=O)Oc1cc(-c2cc(=O)oc3cc(OC)cc(OC)c23)ccc1OC. The average Bonchev–Trinajstić information content (AvgIpc) is 2.94. The lowest BCUT2D eigenvalue weighted by atomic mass is 10.0. The number of esters is 1. The van der Waals surface area contributed by atoms with E-state index >= 15 is 0 Å². The molecule has 0 unspecified atom stereocenters. The van der Waals surface area contributed by atoms with Crippen molar-refractivity contribution < 1.29 is 28.2 Å². The molecule has 0 fully saturated rings. The van der Waals surface area contributed by atoms with Crippen LogP contribution >= 0.6 is 0 Å². The summed E-state index contributed by atoms with van der Waals surface area (Å²) in [5.41, 5.74) is 1.07. The van der Waals surface area contributed by atoms with Crippen LogP contribution in [0.3, 0.4) is 0 Å². The molecule has 1 heterocycles. The van der Waals surface area contributed by atoms with Crippen molar-refractivity contribution >= 4 is 16.9 Å². The molecule has 0 atom stereocenters. The first kappa shape index (κ1) is 30.1. The van der Waals surface area contributed by atoms with Crippen molar-refractivity contribution in [3.05, 3.63) is 46.8 Å². The molecule has 7 nitrogen and oxygen atoms in total. The van der Waals surface area contributed by atoms with Crippen LogP contribution in [0.2, 0.25) is 0 Å². The Morgan fingerprint density at radius 3 is 1.97 bits per heavy atom. The fourth-order valence-electron chi connectivity index (χ4n) is 4.78. The highest BCUT2D eigenvalue weighted by Gasteiger charge is 2.18. The summed E-state index contributed by atoms with van der Waals surface area (Å²) in [5.74, 6) is 1.44. The van der Waals surface area contributed by atoms with Gasteiger partial charge in [0, 0.05) is 30.2 Å². The van der Waals surface area contributed by atoms with Crippen LogP contribution in [0.1, 0.15) is 84.0 Å². The fourth-order valence-corrected chi connectivity index (χ4v) is 4.78. The minimum atomic E-state index is -0.515. The van der Waals surface area contributed by atoms with Gasteiger partial charge >= 0.3 is 11.6 Å². The number of hydrogen-bond acceptors (Lipinski definition) is 7. The van der Waals surface area contributed by atoms with E-state index < -0.39 is 5.63 Å². The predicted molar refractivity (Wildman–Crippen MR) is 154 cm³/mol. The standard InChI is InChI=1S/C32H42O7/c1-5-6-7-8-9-10-11-12-13-14-15-16-30(33)38-27-19-23(17-18-26(27)36-3)25-22-31(34)39-29-21-24(35-2)20-28(37-4)32(25)29/h17-22H,5-16H2,1-4H3. The van der Waals surface area contributed by atoms with Gasteiger partial charge in [-0.05, 0) is 24.1 Å². The maximum absolute atomic E-state index is 12.6. The van der Waals surface area contributed by atoms with Gasteiger partial charge in [-0.2, -0.15) is 0 Å². The van der Waals surface area contributed by atoms with Crippen molar-refractivity contribution in [1.29, 1.82) is 0 Å². The molecule has 7 heteroatoms. The predicted octanol–water partition coefficient (Wildman–Crippen LogP) is 8.09. The highest BCUT2D eigenvalue weighted by molar-refractivity contribution is 5.99. The van der Waals surface area contributed by atoms with E-state index in [1.54, 1.807) is 37.4 Å². The van der Waals surface area contributed by atoms with Crippen LogP contribution < -0.4 is 24.6 Å². The summed E-state index contributed by atoms with van der Waals surface area (Å²) in [4.78, 5) is 25.0. The third kappa shape index (κ3) is 8.77. The zero-order valence-electron chi connectivity index (χ0n) is 23.8. The quantitative estimate of drug-likeness (QED) is 0.0743. The zero-order chi connectivity index (χ0) is 28.0. The number of hydrogen-bond donors (Lipinski definition) is 0. The molecule has 1 aromatic heterocycles. The number of rotatable bonds is 17. The van der Waals surface area contributed by atoms with Gasteiger partial charge in [-0.15, -0.1) is 0 Å². The summed E-state index contributed by atoms with van der Waals surface area (Å²) in [6.07, 6.45) is 13.7. The van der Waals surface area contributed by atoms with E-state index in [9.17, 15) is 9.59 Å². The van der Waals surface area contributed by atoms with Gasteiger partial charge in [0.2, 0.25) is 0 Å². The largest absolute Gasteiger partial charge is 0.496 e. The van der Waals surface area contributed by atoms with Crippen molar-refractivity contribution in [2.75, 3.05) is 21.3 Å². The first-order valence-electron chi connectivity index (χ1n) is 14.1. The van der Waals surface area contributed by atoms with Crippen LogP contribution in [0.25, 0.3) is 22.1 Å². The van der Waals surface area contributed by atoms with Crippen LogP contribution in [0.4, 0.5) is 0 Å². The van der Waals surface area contributed by atoms with Crippen molar-refractivity contribution in [1.82, 2.24) is 0 Å². The van der Waals surface area contributed by atoms with Crippen LogP contribution in [0.5, 0.6) is 23.0 Å². The minimum Gasteiger partial charge on any atom is -0.496 e. The second kappa shape index (κ2) is 15.8. The molecule has 0 radical (unpaired) electrons. The van der Waals surface area contributed by atoms with Gasteiger partial charge in [0.1, 0.15) is 17.1 Å². The molecule has 0 saturated carbocycles. The molecule has 0 saturated heterocycles. The van der Waals surface area contributed by atoms with E-state index in [4.69, 9.17) is 23.4 Å². The Kier molecular flexibility index (Phi) is 12.2. The topological polar surface area (TPSA) is 84.2 Å². The zero-order valence-corrected chi connectivity index (χ0v) is 23.8. The summed E-state index contributed by atoms with van der Waals surface area (Å²) < 4.78 is 27.4. The highest BCUT2D eigenvalue weighted by atomic mass is 16.6. The molecule has 0 aliphatic carbocycles. The van der Waals surface area contributed by atoms with E-state index in [0.717, 1.165) is 19.3 Å². The number of fused-ring (bicyclic) bond motifs is 1. The number of benzene rings is 2. The summed E-state index contributed by atoms with van der Waals surface area (Å²) in [6.45, 7) is 2.24. The number of methoxy groups -OCH3 is 3. The molecule has 39 heavy (non-hydrogen) atoms. The van der Waals surface area contributed by atoms with Crippen molar-refractivity contribution in [3.63, 3.8) is 0 Å². The Bertz CT molecular complexity index is 1260. The van der Waals surface area contributed by atoms with E-state index in [0.29, 0.717) is 51.5 Å². The normalized spacial score (nSPS) is 11.0. The van der Waals surface area contributed by atoms with Gasteiger partial charge in [-0.3, -0.25) is 4.79 Å². The Balaban J connectivity index is 1.63. The number of ether oxygens (including phenoxy) is 4. The fraction of sp³-hybridized carbons (Fsp3) is 0.500. The highest BCUT2D eigenvalue weighted by Crippen LogP contribution is 2.40. The maximum atomic E-state index is 12.6. The van der Waals surface area contributed by atoms with E-state index in [2.05, 4.69) is 6.92 Å². The average molecular weight is 539 g/mol.